The number of hydrogen-bond acceptors (Lipinski definition) is 3. The number of nitrogens with zero attached hydrogens (tertiary/aromatic N) is 1. The zero-order valence-corrected chi connectivity index (χ0v) is 13.4. The summed E-state index contributed by atoms with van der Waals surface area (Å²) >= 11 is 10.8. The third-order valence-electron chi connectivity index (χ3n) is 2.89. The van der Waals surface area contributed by atoms with Crippen molar-refractivity contribution >= 4 is 54.9 Å². The van der Waals surface area contributed by atoms with E-state index in [1.165, 1.54) is 0 Å². The van der Waals surface area contributed by atoms with E-state index in [2.05, 4.69) is 20.9 Å². The highest BCUT2D eigenvalue weighted by atomic mass is 79.9. The van der Waals surface area contributed by atoms with Gasteiger partial charge < -0.3 is 0 Å². The van der Waals surface area contributed by atoms with Gasteiger partial charge >= 0.3 is 0 Å². The number of aromatic nitrogens is 1. The Bertz CT molecular complexity index is 766. The number of rotatable bonds is 3. The first-order valence-electron chi connectivity index (χ1n) is 5.96. The molecule has 0 unspecified atom stereocenters. The molecule has 0 aliphatic rings. The fourth-order valence-electron chi connectivity index (χ4n) is 1.90. The number of fused-ring (bicyclic) bond motifs is 1. The van der Waals surface area contributed by atoms with Gasteiger partial charge in [0.15, 0.2) is 5.78 Å². The highest BCUT2D eigenvalue weighted by molar-refractivity contribution is 9.10. The van der Waals surface area contributed by atoms with Crippen LogP contribution in [0, 0.1) is 0 Å². The largest absolute Gasteiger partial charge is 0.294 e. The van der Waals surface area contributed by atoms with Crippen LogP contribution in [-0.4, -0.2) is 10.8 Å². The van der Waals surface area contributed by atoms with Gasteiger partial charge in [-0.1, -0.05) is 23.7 Å². The van der Waals surface area contributed by atoms with Crippen LogP contribution >= 0.6 is 38.9 Å². The van der Waals surface area contributed by atoms with Gasteiger partial charge in [-0.3, -0.25) is 4.79 Å². The first kappa shape index (κ1) is 13.7. The zero-order chi connectivity index (χ0) is 14.1. The second-order valence-electron chi connectivity index (χ2n) is 4.30. The van der Waals surface area contributed by atoms with E-state index in [9.17, 15) is 4.79 Å². The van der Waals surface area contributed by atoms with Crippen molar-refractivity contribution in [2.24, 2.45) is 0 Å². The van der Waals surface area contributed by atoms with E-state index in [4.69, 9.17) is 11.6 Å². The van der Waals surface area contributed by atoms with Crippen molar-refractivity contribution in [1.29, 1.82) is 0 Å². The normalized spacial score (nSPS) is 10.9. The standard InChI is InChI=1S/C15H9BrClNOS/c16-10-7-9(5-6-11(10)17)13(19)8-15-18-12-3-1-2-4-14(12)20-15/h1-7H,8H2. The Hall–Kier alpha value is -1.23. The molecule has 0 atom stereocenters. The van der Waals surface area contributed by atoms with Crippen LogP contribution in [0.1, 0.15) is 15.4 Å². The zero-order valence-electron chi connectivity index (χ0n) is 10.3. The van der Waals surface area contributed by atoms with Crippen molar-refractivity contribution < 1.29 is 4.79 Å². The van der Waals surface area contributed by atoms with Crippen LogP contribution in [0.3, 0.4) is 0 Å². The van der Waals surface area contributed by atoms with E-state index >= 15 is 0 Å². The summed E-state index contributed by atoms with van der Waals surface area (Å²) in [5.41, 5.74) is 1.58. The number of hydrogen-bond donors (Lipinski definition) is 0. The molecule has 0 aliphatic heterocycles. The summed E-state index contributed by atoms with van der Waals surface area (Å²) in [6, 6.07) is 13.1. The van der Waals surface area contributed by atoms with E-state index in [-0.39, 0.29) is 5.78 Å². The monoisotopic (exact) mass is 365 g/mol. The maximum atomic E-state index is 12.3. The third-order valence-corrected chi connectivity index (χ3v) is 5.14. The summed E-state index contributed by atoms with van der Waals surface area (Å²) in [5.74, 6) is 0.0430. The molecule has 5 heteroatoms. The van der Waals surface area contributed by atoms with E-state index in [0.717, 1.165) is 19.7 Å². The maximum Gasteiger partial charge on any atom is 0.169 e. The molecule has 0 N–H and O–H groups in total. The fraction of sp³-hybridized carbons (Fsp3) is 0.0667. The highest BCUT2D eigenvalue weighted by Crippen LogP contribution is 2.25. The van der Waals surface area contributed by atoms with Crippen molar-refractivity contribution in [3.63, 3.8) is 0 Å². The lowest BCUT2D eigenvalue weighted by atomic mass is 10.1. The smallest absolute Gasteiger partial charge is 0.169 e. The van der Waals surface area contributed by atoms with Crippen LogP contribution in [-0.2, 0) is 6.42 Å². The lowest BCUT2D eigenvalue weighted by molar-refractivity contribution is 0.0993. The predicted molar refractivity (Wildman–Crippen MR) is 86.8 cm³/mol. The van der Waals surface area contributed by atoms with Gasteiger partial charge in [0.2, 0.25) is 0 Å². The molecule has 0 saturated heterocycles. The summed E-state index contributed by atoms with van der Waals surface area (Å²) < 4.78 is 1.84. The summed E-state index contributed by atoms with van der Waals surface area (Å²) in [5, 5.41) is 1.43. The van der Waals surface area contributed by atoms with Gasteiger partial charge in [-0.15, -0.1) is 11.3 Å². The van der Waals surface area contributed by atoms with E-state index in [1.54, 1.807) is 29.5 Å². The fourth-order valence-corrected chi connectivity index (χ4v) is 3.37. The Morgan fingerprint density at radius 1 is 1.25 bits per heavy atom. The minimum atomic E-state index is 0.0430. The number of para-hydroxylation sites is 1. The van der Waals surface area contributed by atoms with Crippen LogP contribution in [0.4, 0.5) is 0 Å². The van der Waals surface area contributed by atoms with Crippen molar-refractivity contribution in [3.8, 4) is 0 Å². The van der Waals surface area contributed by atoms with Gasteiger partial charge in [0.1, 0.15) is 5.01 Å². The van der Waals surface area contributed by atoms with Crippen LogP contribution < -0.4 is 0 Å². The number of halogens is 2. The van der Waals surface area contributed by atoms with E-state index < -0.39 is 0 Å². The molecule has 1 aromatic heterocycles. The molecule has 2 nitrogen and oxygen atoms in total. The average Bonchev–Trinajstić information content (AvgIpc) is 2.83. The maximum absolute atomic E-state index is 12.3. The molecule has 100 valence electrons. The molecule has 0 spiro atoms. The van der Waals surface area contributed by atoms with E-state index in [1.807, 2.05) is 24.3 Å². The van der Waals surface area contributed by atoms with Gasteiger partial charge in [0, 0.05) is 10.0 Å². The quantitative estimate of drug-likeness (QED) is 0.601. The van der Waals surface area contributed by atoms with E-state index in [0.29, 0.717) is 17.0 Å². The summed E-state index contributed by atoms with van der Waals surface area (Å²) in [7, 11) is 0. The lowest BCUT2D eigenvalue weighted by Gasteiger charge is -2.01. The molecule has 3 aromatic rings. The van der Waals surface area contributed by atoms with Gasteiger partial charge in [-0.05, 0) is 46.3 Å². The highest BCUT2D eigenvalue weighted by Gasteiger charge is 2.12. The Labute approximate surface area is 133 Å². The van der Waals surface area contributed by atoms with Crippen molar-refractivity contribution in [2.45, 2.75) is 6.42 Å². The van der Waals surface area contributed by atoms with Gasteiger partial charge in [-0.25, -0.2) is 4.98 Å². The molecular formula is C15H9BrClNOS. The Morgan fingerprint density at radius 2 is 2.05 bits per heavy atom. The first-order chi connectivity index (χ1) is 9.63. The summed E-state index contributed by atoms with van der Waals surface area (Å²) in [6.07, 6.45) is 0.313. The Kier molecular flexibility index (Phi) is 3.87. The Morgan fingerprint density at radius 3 is 2.80 bits per heavy atom. The van der Waals surface area contributed by atoms with Gasteiger partial charge in [0.25, 0.3) is 0 Å². The SMILES string of the molecule is O=C(Cc1nc2ccccc2s1)c1ccc(Cl)c(Br)c1. The molecule has 20 heavy (non-hydrogen) atoms. The third kappa shape index (κ3) is 2.77. The molecule has 2 aromatic carbocycles. The molecule has 0 radical (unpaired) electrons. The Balaban J connectivity index is 1.86. The number of carbonyl (C=O) groups is 1. The molecule has 0 aliphatic carbocycles. The minimum Gasteiger partial charge on any atom is -0.294 e. The molecule has 0 bridgehead atoms. The number of thiazole rings is 1. The number of carbonyl (C=O) groups excluding carboxylic acids is 1. The minimum absolute atomic E-state index is 0.0430. The predicted octanol–water partition coefficient (Wildman–Crippen LogP) is 5.14. The van der Waals surface area contributed by atoms with Crippen LogP contribution in [0.5, 0.6) is 0 Å². The topological polar surface area (TPSA) is 30.0 Å². The van der Waals surface area contributed by atoms with Gasteiger partial charge in [0.05, 0.1) is 21.7 Å². The first-order valence-corrected chi connectivity index (χ1v) is 7.95. The van der Waals surface area contributed by atoms with Gasteiger partial charge in [-0.2, -0.15) is 0 Å². The average molecular weight is 367 g/mol. The lowest BCUT2D eigenvalue weighted by Crippen LogP contribution is -2.03. The molecule has 0 amide bonds. The number of Topliss-reactive ketones (excluding diaryl/α,β-unsaturated/α-hetero) is 1. The van der Waals surface area contributed by atoms with Crippen LogP contribution in [0.2, 0.25) is 5.02 Å². The number of ketones is 1. The molecule has 0 fully saturated rings. The second-order valence-corrected chi connectivity index (χ2v) is 6.68. The molecule has 3 rings (SSSR count). The number of benzene rings is 2. The molecule has 0 saturated carbocycles. The van der Waals surface area contributed by atoms with Crippen LogP contribution in [0.15, 0.2) is 46.9 Å². The van der Waals surface area contributed by atoms with Crippen molar-refractivity contribution in [1.82, 2.24) is 4.98 Å². The van der Waals surface area contributed by atoms with Crippen LogP contribution in [0.25, 0.3) is 10.2 Å². The summed E-state index contributed by atoms with van der Waals surface area (Å²) in [4.78, 5) is 16.7. The molecular weight excluding hydrogens is 358 g/mol. The summed E-state index contributed by atoms with van der Waals surface area (Å²) in [6.45, 7) is 0. The van der Waals surface area contributed by atoms with Crippen molar-refractivity contribution in [2.75, 3.05) is 0 Å². The molecule has 1 heterocycles. The van der Waals surface area contributed by atoms with Crippen molar-refractivity contribution in [3.05, 3.63) is 62.5 Å². The second kappa shape index (κ2) is 5.64.